The smallest absolute Gasteiger partial charge is 0.325 e. The zero-order chi connectivity index (χ0) is 23.6. The predicted octanol–water partition coefficient (Wildman–Crippen LogP) is 6.62. The molecule has 0 atom stereocenters. The number of rotatable bonds is 9. The molecule has 4 saturated carbocycles. The van der Waals surface area contributed by atoms with Crippen LogP contribution in [0.25, 0.3) is 0 Å². The van der Waals surface area contributed by atoms with E-state index in [2.05, 4.69) is 10.1 Å². The molecule has 0 amide bonds. The van der Waals surface area contributed by atoms with Gasteiger partial charge in [-0.05, 0) is 51.4 Å². The Morgan fingerprint density at radius 3 is 0.912 bits per heavy atom. The first kappa shape index (κ1) is 25.9. The van der Waals surface area contributed by atoms with Gasteiger partial charge in [0.1, 0.15) is 0 Å². The molecule has 0 saturated heterocycles. The Bertz CT molecular complexity index is 528. The van der Waals surface area contributed by atoms with Crippen LogP contribution < -0.4 is 0 Å². The summed E-state index contributed by atoms with van der Waals surface area (Å²) < 4.78 is 0. The average Bonchev–Trinajstić information content (AvgIpc) is 2.91. The summed E-state index contributed by atoms with van der Waals surface area (Å²) in [6.45, 7) is 0. The fourth-order valence-electron chi connectivity index (χ4n) is 6.77. The van der Waals surface area contributed by atoms with E-state index in [-0.39, 0.29) is 24.8 Å². The first-order valence-electron chi connectivity index (χ1n) is 14.7. The fourth-order valence-corrected chi connectivity index (χ4v) is 6.77. The van der Waals surface area contributed by atoms with Gasteiger partial charge in [0.25, 0.3) is 0 Å². The quantitative estimate of drug-likeness (QED) is 0.349. The number of hydrogen-bond donors (Lipinski definition) is 0. The van der Waals surface area contributed by atoms with Crippen LogP contribution in [0.2, 0.25) is 0 Å². The minimum Gasteiger partial charge on any atom is -0.367 e. The van der Waals surface area contributed by atoms with Gasteiger partial charge in [-0.2, -0.15) is 0 Å². The second kappa shape index (κ2) is 13.8. The summed E-state index contributed by atoms with van der Waals surface area (Å²) in [5.41, 5.74) is 0. The van der Waals surface area contributed by atoms with E-state index in [1.165, 1.54) is 77.0 Å². The van der Waals surface area contributed by atoms with E-state index in [1.807, 2.05) is 0 Å². The molecule has 0 radical (unpaired) electrons. The van der Waals surface area contributed by atoms with Crippen LogP contribution in [0.3, 0.4) is 0 Å². The highest BCUT2D eigenvalue weighted by Gasteiger charge is 2.34. The molecule has 0 heterocycles. The van der Waals surface area contributed by atoms with E-state index in [0.29, 0.717) is 24.2 Å². The second-order valence-electron chi connectivity index (χ2n) is 11.3. The van der Waals surface area contributed by atoms with Crippen molar-refractivity contribution in [3.63, 3.8) is 0 Å². The molecule has 0 N–H and O–H groups in total. The third-order valence-electron chi connectivity index (χ3n) is 8.69. The van der Waals surface area contributed by atoms with Crippen LogP contribution in [-0.4, -0.2) is 46.2 Å². The molecular weight excluding hydrogens is 428 g/mol. The van der Waals surface area contributed by atoms with Gasteiger partial charge < -0.3 is 9.68 Å². The first-order valence-corrected chi connectivity index (χ1v) is 14.7. The fraction of sp³-hybridized carbons (Fsp3) is 0.929. The maximum absolute atomic E-state index is 12.8. The summed E-state index contributed by atoms with van der Waals surface area (Å²) >= 11 is 0. The van der Waals surface area contributed by atoms with Gasteiger partial charge in [0.05, 0.1) is 12.8 Å². The van der Waals surface area contributed by atoms with Crippen molar-refractivity contribution in [1.29, 1.82) is 0 Å². The minimum atomic E-state index is -0.269. The molecular formula is C28H48N2O4. The molecule has 4 fully saturated rings. The topological polar surface area (TPSA) is 59.1 Å². The van der Waals surface area contributed by atoms with Crippen molar-refractivity contribution in [2.45, 2.75) is 165 Å². The average molecular weight is 477 g/mol. The lowest BCUT2D eigenvalue weighted by molar-refractivity contribution is -0.228. The van der Waals surface area contributed by atoms with Crippen LogP contribution in [-0.2, 0) is 19.3 Å². The first-order chi connectivity index (χ1) is 16.7. The highest BCUT2D eigenvalue weighted by Crippen LogP contribution is 2.32. The Morgan fingerprint density at radius 2 is 0.676 bits per heavy atom. The Hall–Kier alpha value is -1.14. The van der Waals surface area contributed by atoms with Gasteiger partial charge in [0, 0.05) is 24.2 Å². The van der Waals surface area contributed by atoms with E-state index in [1.54, 1.807) is 0 Å². The van der Waals surface area contributed by atoms with Crippen LogP contribution in [0.5, 0.6) is 0 Å². The summed E-state index contributed by atoms with van der Waals surface area (Å²) in [6.07, 6.45) is 24.0. The molecule has 0 aromatic carbocycles. The molecule has 0 aliphatic heterocycles. The van der Waals surface area contributed by atoms with Crippen LogP contribution in [0.4, 0.5) is 0 Å². The number of hydrogen-bond acceptors (Lipinski definition) is 6. The molecule has 0 aromatic rings. The van der Waals surface area contributed by atoms with Crippen LogP contribution in [0.1, 0.15) is 141 Å². The van der Waals surface area contributed by atoms with Crippen molar-refractivity contribution < 1.29 is 19.3 Å². The zero-order valence-corrected chi connectivity index (χ0v) is 21.4. The van der Waals surface area contributed by atoms with Crippen molar-refractivity contribution in [3.8, 4) is 0 Å². The van der Waals surface area contributed by atoms with Crippen LogP contribution in [0, 0.1) is 0 Å². The number of nitrogens with zero attached hydrogens (tertiary/aromatic N) is 2. The SMILES string of the molecule is O=C(CCC(=O)ON(C1CCCCC1)C1CCCCC1)ON(C1CCCCC1)C1CCCCC1. The van der Waals surface area contributed by atoms with E-state index in [4.69, 9.17) is 9.68 Å². The standard InChI is InChI=1S/C28H48N2O4/c31-27(33-29(23-13-5-1-6-14-23)24-15-7-2-8-16-24)21-22-28(32)34-30(25-17-9-3-10-18-25)26-19-11-4-12-20-26/h23-26H,1-22H2. The molecule has 0 bridgehead atoms. The maximum atomic E-state index is 12.8. The van der Waals surface area contributed by atoms with Gasteiger partial charge in [-0.25, -0.2) is 0 Å². The molecule has 6 heteroatoms. The second-order valence-corrected chi connectivity index (χ2v) is 11.3. The highest BCUT2D eigenvalue weighted by molar-refractivity contribution is 5.77. The zero-order valence-electron chi connectivity index (χ0n) is 21.4. The van der Waals surface area contributed by atoms with Gasteiger partial charge in [-0.15, -0.1) is 10.1 Å². The molecule has 6 nitrogen and oxygen atoms in total. The number of carbonyl (C=O) groups is 2. The van der Waals surface area contributed by atoms with Gasteiger partial charge >= 0.3 is 11.9 Å². The number of carbonyl (C=O) groups excluding carboxylic acids is 2. The third-order valence-corrected chi connectivity index (χ3v) is 8.69. The normalized spacial score (nSPS) is 24.4. The van der Waals surface area contributed by atoms with Crippen molar-refractivity contribution in [2.24, 2.45) is 0 Å². The van der Waals surface area contributed by atoms with Crippen molar-refractivity contribution in [3.05, 3.63) is 0 Å². The Kier molecular flexibility index (Phi) is 10.5. The third kappa shape index (κ3) is 7.68. The molecule has 0 unspecified atom stereocenters. The van der Waals surface area contributed by atoms with Gasteiger partial charge in [-0.1, -0.05) is 77.0 Å². The Balaban J connectivity index is 1.28. The van der Waals surface area contributed by atoms with E-state index in [9.17, 15) is 9.59 Å². The minimum absolute atomic E-state index is 0.109. The Labute approximate surface area is 207 Å². The highest BCUT2D eigenvalue weighted by atomic mass is 16.7. The van der Waals surface area contributed by atoms with Crippen molar-refractivity contribution in [2.75, 3.05) is 0 Å². The van der Waals surface area contributed by atoms with E-state index < -0.39 is 0 Å². The molecule has 4 rings (SSSR count). The summed E-state index contributed by atoms with van der Waals surface area (Å²) in [5, 5.41) is 4.12. The molecule has 34 heavy (non-hydrogen) atoms. The number of hydroxylamine groups is 4. The van der Waals surface area contributed by atoms with Gasteiger partial charge in [-0.3, -0.25) is 9.59 Å². The summed E-state index contributed by atoms with van der Waals surface area (Å²) in [4.78, 5) is 37.7. The molecule has 4 aliphatic carbocycles. The lowest BCUT2D eigenvalue weighted by atomic mass is 9.90. The van der Waals surface area contributed by atoms with Gasteiger partial charge in [0.15, 0.2) is 0 Å². The molecule has 4 aliphatic rings. The lowest BCUT2D eigenvalue weighted by Crippen LogP contribution is -2.47. The summed E-state index contributed by atoms with van der Waals surface area (Å²) in [6, 6.07) is 1.39. The van der Waals surface area contributed by atoms with Crippen molar-refractivity contribution >= 4 is 11.9 Å². The van der Waals surface area contributed by atoms with Crippen molar-refractivity contribution in [1.82, 2.24) is 10.1 Å². The van der Waals surface area contributed by atoms with Crippen LogP contribution >= 0.6 is 0 Å². The lowest BCUT2D eigenvalue weighted by Gasteiger charge is -2.40. The molecule has 0 aromatic heterocycles. The molecule has 0 spiro atoms. The van der Waals surface area contributed by atoms with Gasteiger partial charge in [0.2, 0.25) is 0 Å². The van der Waals surface area contributed by atoms with E-state index in [0.717, 1.165) is 51.4 Å². The predicted molar refractivity (Wildman–Crippen MR) is 133 cm³/mol. The summed E-state index contributed by atoms with van der Waals surface area (Å²) in [5.74, 6) is -0.537. The van der Waals surface area contributed by atoms with E-state index >= 15 is 0 Å². The molecule has 194 valence electrons. The Morgan fingerprint density at radius 1 is 0.441 bits per heavy atom. The van der Waals surface area contributed by atoms with Crippen LogP contribution in [0.15, 0.2) is 0 Å². The summed E-state index contributed by atoms with van der Waals surface area (Å²) in [7, 11) is 0. The largest absolute Gasteiger partial charge is 0.367 e. The monoisotopic (exact) mass is 476 g/mol. The maximum Gasteiger partial charge on any atom is 0.325 e.